The lowest BCUT2D eigenvalue weighted by Crippen LogP contribution is -2.18. The van der Waals surface area contributed by atoms with Gasteiger partial charge in [-0.15, -0.1) is 0 Å². The third-order valence-corrected chi connectivity index (χ3v) is 3.88. The second-order valence-corrected chi connectivity index (χ2v) is 5.45. The largest absolute Gasteiger partial charge is 0.299 e. The maximum absolute atomic E-state index is 6.15. The predicted octanol–water partition coefficient (Wildman–Crippen LogP) is 3.79. The van der Waals surface area contributed by atoms with Crippen LogP contribution in [0.25, 0.3) is 10.9 Å². The van der Waals surface area contributed by atoms with E-state index in [2.05, 4.69) is 35.0 Å². The van der Waals surface area contributed by atoms with Crippen LogP contribution in [0.1, 0.15) is 24.0 Å². The molecule has 1 aliphatic rings. The van der Waals surface area contributed by atoms with Crippen LogP contribution in [0, 0.1) is 6.92 Å². The number of benzene rings is 1. The van der Waals surface area contributed by atoms with E-state index in [1.165, 1.54) is 42.4 Å². The van der Waals surface area contributed by atoms with Gasteiger partial charge in [-0.2, -0.15) is 0 Å². The molecule has 1 saturated heterocycles. The van der Waals surface area contributed by atoms with Crippen molar-refractivity contribution in [3.05, 3.63) is 40.5 Å². The van der Waals surface area contributed by atoms with Crippen molar-refractivity contribution >= 4 is 22.5 Å². The molecule has 1 fully saturated rings. The Morgan fingerprint density at radius 3 is 2.83 bits per heavy atom. The molecule has 1 aromatic carbocycles. The minimum absolute atomic E-state index is 0.603. The zero-order valence-corrected chi connectivity index (χ0v) is 11.4. The van der Waals surface area contributed by atoms with Crippen LogP contribution in [-0.2, 0) is 6.54 Å². The molecule has 2 aromatic rings. The van der Waals surface area contributed by atoms with Gasteiger partial charge in [0.2, 0.25) is 0 Å². The summed E-state index contributed by atoms with van der Waals surface area (Å²) in [5.74, 6) is 0. The molecule has 0 unspecified atom stereocenters. The molecule has 0 saturated carbocycles. The summed E-state index contributed by atoms with van der Waals surface area (Å²) in [6.07, 6.45) is 2.63. The summed E-state index contributed by atoms with van der Waals surface area (Å²) in [6, 6.07) is 8.35. The van der Waals surface area contributed by atoms with Crippen molar-refractivity contribution in [1.29, 1.82) is 0 Å². The highest BCUT2D eigenvalue weighted by Gasteiger charge is 2.14. The van der Waals surface area contributed by atoms with E-state index in [0.717, 1.165) is 12.1 Å². The number of aryl methyl sites for hydroxylation is 1. The van der Waals surface area contributed by atoms with E-state index >= 15 is 0 Å². The van der Waals surface area contributed by atoms with Crippen molar-refractivity contribution in [3.8, 4) is 0 Å². The molecule has 94 valence electrons. The fourth-order valence-electron chi connectivity index (χ4n) is 2.74. The standard InChI is InChI=1S/C15H17ClN2/c1-11-5-4-6-13-12(9-14(16)17-15(11)13)10-18-7-2-3-8-18/h4-6,9H,2-3,7-8,10H2,1H3. The van der Waals surface area contributed by atoms with Gasteiger partial charge in [0.15, 0.2) is 0 Å². The molecule has 0 spiro atoms. The molecule has 1 aromatic heterocycles. The highest BCUT2D eigenvalue weighted by molar-refractivity contribution is 6.30. The van der Waals surface area contributed by atoms with Crippen LogP contribution >= 0.6 is 11.6 Å². The SMILES string of the molecule is Cc1cccc2c(CN3CCCC3)cc(Cl)nc12. The smallest absolute Gasteiger partial charge is 0.130 e. The van der Waals surface area contributed by atoms with Crippen LogP contribution in [0.5, 0.6) is 0 Å². The van der Waals surface area contributed by atoms with E-state index in [-0.39, 0.29) is 0 Å². The Labute approximate surface area is 113 Å². The zero-order chi connectivity index (χ0) is 12.5. The molecule has 2 nitrogen and oxygen atoms in total. The van der Waals surface area contributed by atoms with Gasteiger partial charge >= 0.3 is 0 Å². The third kappa shape index (κ3) is 2.23. The number of fused-ring (bicyclic) bond motifs is 1. The average Bonchev–Trinajstić information content (AvgIpc) is 2.83. The number of para-hydroxylation sites is 1. The Morgan fingerprint density at radius 1 is 1.28 bits per heavy atom. The highest BCUT2D eigenvalue weighted by atomic mass is 35.5. The van der Waals surface area contributed by atoms with Gasteiger partial charge in [-0.1, -0.05) is 29.8 Å². The first-order valence-corrected chi connectivity index (χ1v) is 6.89. The molecule has 0 aliphatic carbocycles. The van der Waals surface area contributed by atoms with Crippen molar-refractivity contribution in [3.63, 3.8) is 0 Å². The molecule has 3 rings (SSSR count). The first kappa shape index (κ1) is 11.9. The fourth-order valence-corrected chi connectivity index (χ4v) is 2.96. The number of hydrogen-bond acceptors (Lipinski definition) is 2. The summed E-state index contributed by atoms with van der Waals surface area (Å²) < 4.78 is 0. The number of aromatic nitrogens is 1. The second-order valence-electron chi connectivity index (χ2n) is 5.06. The number of halogens is 1. The van der Waals surface area contributed by atoms with Crippen molar-refractivity contribution in [1.82, 2.24) is 9.88 Å². The maximum Gasteiger partial charge on any atom is 0.130 e. The first-order chi connectivity index (χ1) is 8.74. The van der Waals surface area contributed by atoms with Gasteiger partial charge in [-0.05, 0) is 50.0 Å². The monoisotopic (exact) mass is 260 g/mol. The lowest BCUT2D eigenvalue weighted by Gasteiger charge is -2.16. The molecular formula is C15H17ClN2. The Morgan fingerprint density at radius 2 is 2.06 bits per heavy atom. The highest BCUT2D eigenvalue weighted by Crippen LogP contribution is 2.25. The van der Waals surface area contributed by atoms with Crippen molar-refractivity contribution in [2.45, 2.75) is 26.3 Å². The molecule has 0 amide bonds. The minimum atomic E-state index is 0.603. The van der Waals surface area contributed by atoms with Crippen LogP contribution in [-0.4, -0.2) is 23.0 Å². The second kappa shape index (κ2) is 4.87. The van der Waals surface area contributed by atoms with E-state index in [9.17, 15) is 0 Å². The van der Waals surface area contributed by atoms with Crippen LogP contribution < -0.4 is 0 Å². The summed E-state index contributed by atoms with van der Waals surface area (Å²) in [4.78, 5) is 6.95. The van der Waals surface area contributed by atoms with Crippen LogP contribution in [0.15, 0.2) is 24.3 Å². The van der Waals surface area contributed by atoms with Crippen molar-refractivity contribution in [2.24, 2.45) is 0 Å². The van der Waals surface area contributed by atoms with E-state index in [1.54, 1.807) is 0 Å². The van der Waals surface area contributed by atoms with Crippen molar-refractivity contribution in [2.75, 3.05) is 13.1 Å². The van der Waals surface area contributed by atoms with Gasteiger partial charge in [0.05, 0.1) is 5.52 Å². The molecular weight excluding hydrogens is 244 g/mol. The minimum Gasteiger partial charge on any atom is -0.299 e. The summed E-state index contributed by atoms with van der Waals surface area (Å²) in [5, 5.41) is 1.84. The summed E-state index contributed by atoms with van der Waals surface area (Å²) >= 11 is 6.15. The first-order valence-electron chi connectivity index (χ1n) is 6.51. The maximum atomic E-state index is 6.15. The Balaban J connectivity index is 2.06. The van der Waals surface area contributed by atoms with Gasteiger partial charge < -0.3 is 0 Å². The molecule has 3 heteroatoms. The number of pyridine rings is 1. The van der Waals surface area contributed by atoms with Crippen LogP contribution in [0.3, 0.4) is 0 Å². The molecule has 18 heavy (non-hydrogen) atoms. The quantitative estimate of drug-likeness (QED) is 0.764. The average molecular weight is 261 g/mol. The van der Waals surface area contributed by atoms with Gasteiger partial charge in [0.25, 0.3) is 0 Å². The number of nitrogens with zero attached hydrogens (tertiary/aromatic N) is 2. The topological polar surface area (TPSA) is 16.1 Å². The summed E-state index contributed by atoms with van der Waals surface area (Å²) in [5.41, 5.74) is 3.53. The van der Waals surface area contributed by atoms with Crippen molar-refractivity contribution < 1.29 is 0 Å². The Bertz CT molecular complexity index is 574. The molecule has 0 radical (unpaired) electrons. The molecule has 0 atom stereocenters. The van der Waals surface area contributed by atoms with Crippen LogP contribution in [0.2, 0.25) is 5.15 Å². The number of rotatable bonds is 2. The zero-order valence-electron chi connectivity index (χ0n) is 10.6. The Kier molecular flexibility index (Phi) is 3.23. The molecule has 0 N–H and O–H groups in total. The van der Waals surface area contributed by atoms with E-state index in [0.29, 0.717) is 5.15 Å². The van der Waals surface area contributed by atoms with E-state index < -0.39 is 0 Å². The Hall–Kier alpha value is -1.12. The lowest BCUT2D eigenvalue weighted by molar-refractivity contribution is 0.332. The molecule has 1 aliphatic heterocycles. The van der Waals surface area contributed by atoms with E-state index in [4.69, 9.17) is 11.6 Å². The third-order valence-electron chi connectivity index (χ3n) is 3.69. The number of likely N-dealkylation sites (tertiary alicyclic amines) is 1. The fraction of sp³-hybridized carbons (Fsp3) is 0.400. The van der Waals surface area contributed by atoms with Gasteiger partial charge in [0.1, 0.15) is 5.15 Å². The summed E-state index contributed by atoms with van der Waals surface area (Å²) in [6.45, 7) is 5.48. The molecule has 0 bridgehead atoms. The number of hydrogen-bond donors (Lipinski definition) is 0. The van der Waals surface area contributed by atoms with E-state index in [1.807, 2.05) is 6.07 Å². The van der Waals surface area contributed by atoms with Gasteiger partial charge in [0, 0.05) is 11.9 Å². The normalized spacial score (nSPS) is 16.6. The van der Waals surface area contributed by atoms with Gasteiger partial charge in [-0.25, -0.2) is 4.98 Å². The van der Waals surface area contributed by atoms with Gasteiger partial charge in [-0.3, -0.25) is 4.90 Å². The lowest BCUT2D eigenvalue weighted by atomic mass is 10.1. The molecule has 2 heterocycles. The predicted molar refractivity (Wildman–Crippen MR) is 76.0 cm³/mol. The van der Waals surface area contributed by atoms with Crippen LogP contribution in [0.4, 0.5) is 0 Å². The summed E-state index contributed by atoms with van der Waals surface area (Å²) in [7, 11) is 0.